The quantitative estimate of drug-likeness (QED) is 0.568. The lowest BCUT2D eigenvalue weighted by atomic mass is 10.1. The van der Waals surface area contributed by atoms with Crippen molar-refractivity contribution in [2.45, 2.75) is 22.6 Å². The van der Waals surface area contributed by atoms with Crippen LogP contribution in [-0.4, -0.2) is 32.5 Å². The van der Waals surface area contributed by atoms with Gasteiger partial charge >= 0.3 is 0 Å². The molecule has 0 radical (unpaired) electrons. The Kier molecular flexibility index (Phi) is 6.06. The third-order valence-electron chi connectivity index (χ3n) is 4.65. The van der Waals surface area contributed by atoms with E-state index < -0.39 is 10.0 Å². The minimum atomic E-state index is -3.72. The summed E-state index contributed by atoms with van der Waals surface area (Å²) in [5.74, 6) is 0.511. The molecule has 0 bridgehead atoms. The lowest BCUT2D eigenvalue weighted by molar-refractivity contribution is -0.113. The number of thioether (sulfide) groups is 1. The second-order valence-electron chi connectivity index (χ2n) is 6.91. The summed E-state index contributed by atoms with van der Waals surface area (Å²) in [4.78, 5) is 17.6. The topological polar surface area (TPSA) is 87.6 Å². The number of anilines is 1. The SMILES string of the molecule is O=C(CSc1ccc2ccccc2c1)Nc1cccc(S(=O)(=O)NC2=NCCC2)c1. The summed E-state index contributed by atoms with van der Waals surface area (Å²) < 4.78 is 27.6. The number of hydrogen-bond donors (Lipinski definition) is 2. The fraction of sp³-hybridized carbons (Fsp3) is 0.182. The molecule has 0 atom stereocenters. The summed E-state index contributed by atoms with van der Waals surface area (Å²) in [6.45, 7) is 0.642. The molecule has 1 amide bonds. The van der Waals surface area contributed by atoms with Crippen LogP contribution >= 0.6 is 11.8 Å². The van der Waals surface area contributed by atoms with Crippen LogP contribution in [0.2, 0.25) is 0 Å². The van der Waals surface area contributed by atoms with Gasteiger partial charge in [0.2, 0.25) is 5.91 Å². The number of carbonyl (C=O) groups is 1. The van der Waals surface area contributed by atoms with Crippen LogP contribution in [0.25, 0.3) is 10.8 Å². The van der Waals surface area contributed by atoms with Crippen molar-refractivity contribution in [3.63, 3.8) is 0 Å². The molecule has 0 saturated carbocycles. The second kappa shape index (κ2) is 8.89. The third kappa shape index (κ3) is 5.01. The maximum absolute atomic E-state index is 12.5. The Morgan fingerprint density at radius 1 is 1.00 bits per heavy atom. The van der Waals surface area contributed by atoms with Crippen molar-refractivity contribution in [3.05, 3.63) is 66.7 Å². The highest BCUT2D eigenvalue weighted by atomic mass is 32.2. The van der Waals surface area contributed by atoms with Gasteiger partial charge in [-0.15, -0.1) is 11.8 Å². The maximum atomic E-state index is 12.5. The van der Waals surface area contributed by atoms with Gasteiger partial charge in [0.15, 0.2) is 0 Å². The smallest absolute Gasteiger partial charge is 0.262 e. The predicted octanol–water partition coefficient (Wildman–Crippen LogP) is 4.04. The van der Waals surface area contributed by atoms with E-state index in [2.05, 4.69) is 21.1 Å². The first-order valence-corrected chi connectivity index (χ1v) is 12.0. The molecule has 0 aromatic heterocycles. The van der Waals surface area contributed by atoms with Crippen LogP contribution in [0.3, 0.4) is 0 Å². The molecule has 8 heteroatoms. The van der Waals surface area contributed by atoms with Gasteiger partial charge in [-0.1, -0.05) is 36.4 Å². The number of aliphatic imine (C=N–C) groups is 1. The Hall–Kier alpha value is -2.84. The fourth-order valence-electron chi connectivity index (χ4n) is 3.18. The van der Waals surface area contributed by atoms with Crippen molar-refractivity contribution in [3.8, 4) is 0 Å². The van der Waals surface area contributed by atoms with Crippen LogP contribution in [0.1, 0.15) is 12.8 Å². The highest BCUT2D eigenvalue weighted by Gasteiger charge is 2.18. The summed E-state index contributed by atoms with van der Waals surface area (Å²) in [7, 11) is -3.72. The minimum absolute atomic E-state index is 0.0945. The van der Waals surface area contributed by atoms with E-state index in [1.54, 1.807) is 12.1 Å². The van der Waals surface area contributed by atoms with E-state index in [4.69, 9.17) is 0 Å². The first kappa shape index (κ1) is 20.4. The molecule has 30 heavy (non-hydrogen) atoms. The molecule has 3 aromatic rings. The number of amides is 1. The molecule has 4 rings (SSSR count). The van der Waals surface area contributed by atoms with Crippen LogP contribution in [0.15, 0.2) is 81.5 Å². The molecular weight excluding hydrogens is 418 g/mol. The number of rotatable bonds is 6. The van der Waals surface area contributed by atoms with Crippen molar-refractivity contribution in [1.29, 1.82) is 0 Å². The number of amidine groups is 1. The third-order valence-corrected chi connectivity index (χ3v) is 7.02. The van der Waals surface area contributed by atoms with Gasteiger partial charge in [-0.2, -0.15) is 0 Å². The Labute approximate surface area is 179 Å². The van der Waals surface area contributed by atoms with E-state index in [-0.39, 0.29) is 16.6 Å². The molecule has 0 spiro atoms. The lowest BCUT2D eigenvalue weighted by Gasteiger charge is -2.10. The molecule has 2 N–H and O–H groups in total. The number of hydrogen-bond acceptors (Lipinski definition) is 5. The predicted molar refractivity (Wildman–Crippen MR) is 122 cm³/mol. The Morgan fingerprint density at radius 2 is 1.83 bits per heavy atom. The van der Waals surface area contributed by atoms with Gasteiger partial charge < -0.3 is 5.32 Å². The first-order valence-electron chi connectivity index (χ1n) is 9.57. The zero-order chi connectivity index (χ0) is 21.0. The number of carbonyl (C=O) groups excluding carboxylic acids is 1. The second-order valence-corrected chi connectivity index (χ2v) is 9.64. The summed E-state index contributed by atoms with van der Waals surface area (Å²) in [5, 5.41) is 5.05. The molecule has 1 aliphatic heterocycles. The Bertz CT molecular complexity index is 1220. The molecule has 0 saturated heterocycles. The van der Waals surface area contributed by atoms with E-state index in [9.17, 15) is 13.2 Å². The Morgan fingerprint density at radius 3 is 2.63 bits per heavy atom. The summed E-state index contributed by atoms with van der Waals surface area (Å²) in [5.41, 5.74) is 0.440. The maximum Gasteiger partial charge on any atom is 0.262 e. The standard InChI is InChI=1S/C22H21N3O3S2/c26-22(15-29-19-11-10-16-5-1-2-6-17(16)13-19)24-18-7-3-8-20(14-18)30(27,28)25-21-9-4-12-23-21/h1-3,5-8,10-11,13-14H,4,9,12,15H2,(H,23,25)(H,24,26). The molecular formula is C22H21N3O3S2. The number of benzene rings is 3. The molecule has 154 valence electrons. The van der Waals surface area contributed by atoms with Crippen LogP contribution in [0.5, 0.6) is 0 Å². The molecule has 0 fully saturated rings. The van der Waals surface area contributed by atoms with E-state index in [0.717, 1.165) is 22.1 Å². The minimum Gasteiger partial charge on any atom is -0.325 e. The van der Waals surface area contributed by atoms with Gasteiger partial charge in [-0.05, 0) is 47.5 Å². The molecule has 0 aliphatic carbocycles. The number of fused-ring (bicyclic) bond motifs is 1. The average Bonchev–Trinajstić information content (AvgIpc) is 3.24. The van der Waals surface area contributed by atoms with Crippen LogP contribution in [0.4, 0.5) is 5.69 Å². The van der Waals surface area contributed by atoms with Gasteiger partial charge in [0, 0.05) is 23.5 Å². The highest BCUT2D eigenvalue weighted by Crippen LogP contribution is 2.24. The van der Waals surface area contributed by atoms with Crippen LogP contribution in [0, 0.1) is 0 Å². The lowest BCUT2D eigenvalue weighted by Crippen LogP contribution is -2.29. The van der Waals surface area contributed by atoms with Crippen molar-refractivity contribution in [2.75, 3.05) is 17.6 Å². The van der Waals surface area contributed by atoms with Crippen molar-refractivity contribution >= 4 is 50.0 Å². The molecule has 1 aliphatic rings. The monoisotopic (exact) mass is 439 g/mol. The number of nitrogens with zero attached hydrogens (tertiary/aromatic N) is 1. The zero-order valence-electron chi connectivity index (χ0n) is 16.2. The van der Waals surface area contributed by atoms with Crippen molar-refractivity contribution in [1.82, 2.24) is 4.72 Å². The highest BCUT2D eigenvalue weighted by molar-refractivity contribution is 8.00. The molecule has 0 unspecified atom stereocenters. The number of sulfonamides is 1. The molecule has 6 nitrogen and oxygen atoms in total. The van der Waals surface area contributed by atoms with Gasteiger partial charge in [0.25, 0.3) is 10.0 Å². The average molecular weight is 440 g/mol. The summed E-state index contributed by atoms with van der Waals surface area (Å²) in [6.07, 6.45) is 1.48. The molecule has 1 heterocycles. The summed E-state index contributed by atoms with van der Waals surface area (Å²) >= 11 is 1.44. The van der Waals surface area contributed by atoms with E-state index in [1.165, 1.54) is 23.9 Å². The number of nitrogens with one attached hydrogen (secondary N) is 2. The fourth-order valence-corrected chi connectivity index (χ4v) is 5.06. The van der Waals surface area contributed by atoms with Crippen molar-refractivity contribution < 1.29 is 13.2 Å². The van der Waals surface area contributed by atoms with Crippen molar-refractivity contribution in [2.24, 2.45) is 4.99 Å². The zero-order valence-corrected chi connectivity index (χ0v) is 17.8. The van der Waals surface area contributed by atoms with Gasteiger partial charge in [0.1, 0.15) is 5.84 Å². The summed E-state index contributed by atoms with van der Waals surface area (Å²) in [6, 6.07) is 20.4. The normalized spacial score (nSPS) is 13.8. The van der Waals surface area contributed by atoms with Gasteiger partial charge in [-0.3, -0.25) is 14.5 Å². The van der Waals surface area contributed by atoms with Gasteiger partial charge in [-0.25, -0.2) is 8.42 Å². The van der Waals surface area contributed by atoms with Crippen LogP contribution in [-0.2, 0) is 14.8 Å². The van der Waals surface area contributed by atoms with E-state index in [0.29, 0.717) is 24.5 Å². The van der Waals surface area contributed by atoms with E-state index in [1.807, 2.05) is 36.4 Å². The van der Waals surface area contributed by atoms with Gasteiger partial charge in [0.05, 0.1) is 10.6 Å². The molecule has 3 aromatic carbocycles. The largest absolute Gasteiger partial charge is 0.325 e. The van der Waals surface area contributed by atoms with E-state index >= 15 is 0 Å². The first-order chi connectivity index (χ1) is 14.5. The Balaban J connectivity index is 1.38. The van der Waals surface area contributed by atoms with Crippen LogP contribution < -0.4 is 10.0 Å².